The number of hydrogen-bond acceptors (Lipinski definition) is 6. The van der Waals surface area contributed by atoms with Gasteiger partial charge in [0, 0.05) is 11.4 Å². The van der Waals surface area contributed by atoms with Crippen molar-refractivity contribution in [3.8, 4) is 0 Å². The zero-order valence-electron chi connectivity index (χ0n) is 24.1. The summed E-state index contributed by atoms with van der Waals surface area (Å²) in [6, 6.07) is 16.1. The molecule has 3 aromatic carbocycles. The lowest BCUT2D eigenvalue weighted by Crippen LogP contribution is -2.54. The van der Waals surface area contributed by atoms with Crippen LogP contribution in [0.5, 0.6) is 0 Å². The lowest BCUT2D eigenvalue weighted by atomic mass is 10.0. The number of rotatable bonds is 8. The van der Waals surface area contributed by atoms with Crippen LogP contribution in [0.1, 0.15) is 43.9 Å². The predicted octanol–water partition coefficient (Wildman–Crippen LogP) is 4.93. The van der Waals surface area contributed by atoms with Gasteiger partial charge in [0.25, 0.3) is 10.0 Å². The molecule has 3 aromatic rings. The molecule has 2 atom stereocenters. The summed E-state index contributed by atoms with van der Waals surface area (Å²) in [6.45, 7) is 8.47. The molecular formula is C31H34ClN3O6S. The molecule has 2 amide bonds. The van der Waals surface area contributed by atoms with Gasteiger partial charge in [0.15, 0.2) is 0 Å². The van der Waals surface area contributed by atoms with Crippen molar-refractivity contribution in [3.05, 3.63) is 88.4 Å². The monoisotopic (exact) mass is 611 g/mol. The first-order valence-electron chi connectivity index (χ1n) is 13.4. The highest BCUT2D eigenvalue weighted by Gasteiger charge is 2.43. The van der Waals surface area contributed by atoms with Gasteiger partial charge in [-0.25, -0.2) is 13.2 Å². The molecule has 1 aliphatic rings. The van der Waals surface area contributed by atoms with Crippen molar-refractivity contribution in [1.82, 2.24) is 5.32 Å². The number of benzene rings is 3. The van der Waals surface area contributed by atoms with Crippen LogP contribution in [-0.2, 0) is 35.6 Å². The molecular weight excluding hydrogens is 578 g/mol. The average molecular weight is 612 g/mol. The number of aryl methyl sites for hydroxylation is 2. The molecule has 1 heterocycles. The van der Waals surface area contributed by atoms with E-state index in [0.717, 1.165) is 9.87 Å². The molecule has 0 spiro atoms. The SMILES string of the molecule is Cc1cc(S(=O)(=O)N2c3ccccc3NC(=O)[C@@H]2CC(=O)N[C@H](Cc2ccccc2)C(=O)OC(C)(C)C)c(C)cc1Cl. The van der Waals surface area contributed by atoms with Crippen molar-refractivity contribution in [1.29, 1.82) is 0 Å². The molecule has 1 aliphatic heterocycles. The fraction of sp³-hybridized carbons (Fsp3) is 0.323. The summed E-state index contributed by atoms with van der Waals surface area (Å²) < 4.78 is 34.9. The van der Waals surface area contributed by atoms with E-state index in [1.807, 2.05) is 30.3 Å². The number of carbonyl (C=O) groups excluding carboxylic acids is 3. The van der Waals surface area contributed by atoms with Gasteiger partial charge in [-0.3, -0.25) is 13.9 Å². The van der Waals surface area contributed by atoms with Crippen molar-refractivity contribution in [2.45, 2.75) is 70.0 Å². The average Bonchev–Trinajstić information content (AvgIpc) is 2.90. The van der Waals surface area contributed by atoms with E-state index >= 15 is 0 Å². The number of halogens is 1. The number of carbonyl (C=O) groups is 3. The number of hydrogen-bond donors (Lipinski definition) is 2. The van der Waals surface area contributed by atoms with Crippen LogP contribution in [0.15, 0.2) is 71.6 Å². The van der Waals surface area contributed by atoms with Crippen LogP contribution in [0.3, 0.4) is 0 Å². The third-order valence-corrected chi connectivity index (χ3v) is 9.04. The van der Waals surface area contributed by atoms with E-state index in [0.29, 0.717) is 21.8 Å². The molecule has 0 fully saturated rings. The predicted molar refractivity (Wildman–Crippen MR) is 162 cm³/mol. The Morgan fingerprint density at radius 2 is 1.67 bits per heavy atom. The molecule has 222 valence electrons. The summed E-state index contributed by atoms with van der Waals surface area (Å²) in [4.78, 5) is 39.9. The topological polar surface area (TPSA) is 122 Å². The summed E-state index contributed by atoms with van der Waals surface area (Å²) in [5.41, 5.74) is 1.44. The molecule has 2 N–H and O–H groups in total. The molecule has 0 aromatic heterocycles. The third-order valence-electron chi connectivity index (χ3n) is 6.67. The minimum absolute atomic E-state index is 0.0324. The van der Waals surface area contributed by atoms with Crippen LogP contribution >= 0.6 is 11.6 Å². The summed E-state index contributed by atoms with van der Waals surface area (Å²) >= 11 is 6.23. The maximum Gasteiger partial charge on any atom is 0.329 e. The Hall–Kier alpha value is -3.89. The van der Waals surface area contributed by atoms with Gasteiger partial charge in [-0.05, 0) is 75.6 Å². The molecule has 11 heteroatoms. The number of amides is 2. The number of anilines is 2. The Labute approximate surface area is 251 Å². The van der Waals surface area contributed by atoms with E-state index in [1.54, 1.807) is 65.0 Å². The van der Waals surface area contributed by atoms with E-state index in [4.69, 9.17) is 16.3 Å². The zero-order valence-corrected chi connectivity index (χ0v) is 25.7. The zero-order chi connectivity index (χ0) is 30.8. The normalized spacial score (nSPS) is 15.8. The van der Waals surface area contributed by atoms with Gasteiger partial charge in [0.1, 0.15) is 17.7 Å². The minimum atomic E-state index is -4.35. The number of ether oxygens (including phenoxy) is 1. The van der Waals surface area contributed by atoms with E-state index in [1.165, 1.54) is 6.07 Å². The van der Waals surface area contributed by atoms with Gasteiger partial charge in [-0.15, -0.1) is 0 Å². The molecule has 9 nitrogen and oxygen atoms in total. The highest BCUT2D eigenvalue weighted by molar-refractivity contribution is 7.93. The highest BCUT2D eigenvalue weighted by Crippen LogP contribution is 2.38. The van der Waals surface area contributed by atoms with Gasteiger partial charge in [0.2, 0.25) is 11.8 Å². The first-order valence-corrected chi connectivity index (χ1v) is 15.3. The van der Waals surface area contributed by atoms with Crippen LogP contribution in [-0.4, -0.2) is 43.9 Å². The van der Waals surface area contributed by atoms with E-state index < -0.39 is 51.9 Å². The molecule has 4 rings (SSSR count). The lowest BCUT2D eigenvalue weighted by Gasteiger charge is -2.37. The number of sulfonamides is 1. The summed E-state index contributed by atoms with van der Waals surface area (Å²) in [5.74, 6) is -2.01. The first-order chi connectivity index (χ1) is 19.7. The van der Waals surface area contributed by atoms with Crippen LogP contribution in [0.2, 0.25) is 5.02 Å². The molecule has 0 unspecified atom stereocenters. The maximum absolute atomic E-state index is 14.2. The summed E-state index contributed by atoms with van der Waals surface area (Å²) in [6.07, 6.45) is -0.397. The van der Waals surface area contributed by atoms with E-state index in [-0.39, 0.29) is 17.0 Å². The fourth-order valence-electron chi connectivity index (χ4n) is 4.72. The van der Waals surface area contributed by atoms with Gasteiger partial charge in [-0.1, -0.05) is 54.1 Å². The molecule has 0 saturated heterocycles. The third kappa shape index (κ3) is 6.94. The Balaban J connectivity index is 1.69. The minimum Gasteiger partial charge on any atom is -0.458 e. The molecule has 0 bridgehead atoms. The summed E-state index contributed by atoms with van der Waals surface area (Å²) in [7, 11) is -4.35. The largest absolute Gasteiger partial charge is 0.458 e. The number of esters is 1. The second-order valence-corrected chi connectivity index (χ2v) is 13.4. The number of nitrogens with zero attached hydrogens (tertiary/aromatic N) is 1. The summed E-state index contributed by atoms with van der Waals surface area (Å²) in [5, 5.41) is 5.81. The Bertz CT molecular complexity index is 1620. The van der Waals surface area contributed by atoms with Crippen molar-refractivity contribution < 1.29 is 27.5 Å². The number of para-hydroxylation sites is 2. The lowest BCUT2D eigenvalue weighted by molar-refractivity contribution is -0.158. The first kappa shape index (κ1) is 31.1. The quantitative estimate of drug-likeness (QED) is 0.348. The van der Waals surface area contributed by atoms with Crippen molar-refractivity contribution in [3.63, 3.8) is 0 Å². The molecule has 42 heavy (non-hydrogen) atoms. The molecule has 0 radical (unpaired) electrons. The van der Waals surface area contributed by atoms with Gasteiger partial charge in [0.05, 0.1) is 22.7 Å². The molecule has 0 saturated carbocycles. The van der Waals surface area contributed by atoms with E-state index in [9.17, 15) is 22.8 Å². The number of fused-ring (bicyclic) bond motifs is 1. The van der Waals surface area contributed by atoms with Gasteiger partial charge in [-0.2, -0.15) is 0 Å². The van der Waals surface area contributed by atoms with Crippen molar-refractivity contribution >= 4 is 50.8 Å². The van der Waals surface area contributed by atoms with Crippen LogP contribution < -0.4 is 14.9 Å². The van der Waals surface area contributed by atoms with Crippen LogP contribution in [0.4, 0.5) is 11.4 Å². The van der Waals surface area contributed by atoms with Crippen LogP contribution in [0.25, 0.3) is 0 Å². The van der Waals surface area contributed by atoms with Gasteiger partial charge < -0.3 is 15.4 Å². The maximum atomic E-state index is 14.2. The standard InChI is InChI=1S/C31H34ClN3O6S/c1-19-16-27(20(2)15-22(19)32)42(39,40)35-25-14-10-9-13-23(25)34-29(37)26(35)18-28(36)33-24(30(38)41-31(3,4)5)17-21-11-7-6-8-12-21/h6-16,24,26H,17-18H2,1-5H3,(H,33,36)(H,34,37)/t24-,26+/m1/s1. The van der Waals surface area contributed by atoms with Crippen molar-refractivity contribution in [2.75, 3.05) is 9.62 Å². The Morgan fingerprint density at radius 3 is 2.33 bits per heavy atom. The van der Waals surface area contributed by atoms with Gasteiger partial charge >= 0.3 is 5.97 Å². The second-order valence-electron chi connectivity index (χ2n) is 11.2. The number of nitrogens with one attached hydrogen (secondary N) is 2. The van der Waals surface area contributed by atoms with Crippen molar-refractivity contribution in [2.24, 2.45) is 0 Å². The molecule has 0 aliphatic carbocycles. The fourth-order valence-corrected chi connectivity index (χ4v) is 6.86. The smallest absolute Gasteiger partial charge is 0.329 e. The van der Waals surface area contributed by atoms with E-state index in [2.05, 4.69) is 10.6 Å². The highest BCUT2D eigenvalue weighted by atomic mass is 35.5. The van der Waals surface area contributed by atoms with Crippen LogP contribution in [0, 0.1) is 13.8 Å². The Kier molecular flexibility index (Phi) is 8.98. The Morgan fingerprint density at radius 1 is 1.02 bits per heavy atom. The second kappa shape index (κ2) is 12.1.